The standard InChI is InChI=1S/C13H7F3O2/c14-13(15,16)8-5-6-11-12(7-8)18-10-4-2-1-3-9(10)17-11/h1-7H. The zero-order chi connectivity index (χ0) is 12.8. The fourth-order valence-electron chi connectivity index (χ4n) is 1.70. The van der Waals surface area contributed by atoms with Crippen molar-refractivity contribution in [2.75, 3.05) is 0 Å². The fourth-order valence-corrected chi connectivity index (χ4v) is 1.70. The van der Waals surface area contributed by atoms with Gasteiger partial charge in [0.2, 0.25) is 0 Å². The summed E-state index contributed by atoms with van der Waals surface area (Å²) in [6.45, 7) is 0. The highest BCUT2D eigenvalue weighted by Crippen LogP contribution is 2.46. The molecule has 0 amide bonds. The summed E-state index contributed by atoms with van der Waals surface area (Å²) in [5.74, 6) is 1.25. The van der Waals surface area contributed by atoms with Gasteiger partial charge in [-0.1, -0.05) is 12.1 Å². The van der Waals surface area contributed by atoms with E-state index in [1.165, 1.54) is 6.07 Å². The van der Waals surface area contributed by atoms with Crippen molar-refractivity contribution in [2.45, 2.75) is 6.18 Å². The molecule has 1 aliphatic rings. The van der Waals surface area contributed by atoms with Crippen molar-refractivity contribution in [2.24, 2.45) is 0 Å². The Morgan fingerprint density at radius 3 is 1.89 bits per heavy atom. The molecule has 2 nitrogen and oxygen atoms in total. The SMILES string of the molecule is FC(F)(F)c1ccc2c(c1)Oc1ccccc1O2. The van der Waals surface area contributed by atoms with E-state index in [4.69, 9.17) is 9.47 Å². The van der Waals surface area contributed by atoms with E-state index in [0.717, 1.165) is 12.1 Å². The maximum atomic E-state index is 12.6. The lowest BCUT2D eigenvalue weighted by atomic mass is 10.2. The molecule has 2 aromatic rings. The maximum Gasteiger partial charge on any atom is 0.416 e. The van der Waals surface area contributed by atoms with Gasteiger partial charge in [0, 0.05) is 0 Å². The first-order valence-corrected chi connectivity index (χ1v) is 5.20. The first-order chi connectivity index (χ1) is 8.54. The molecular formula is C13H7F3O2. The summed E-state index contributed by atoms with van der Waals surface area (Å²) < 4.78 is 48.5. The number of alkyl halides is 3. The lowest BCUT2D eigenvalue weighted by Crippen LogP contribution is -2.06. The van der Waals surface area contributed by atoms with Gasteiger partial charge >= 0.3 is 6.18 Å². The van der Waals surface area contributed by atoms with Gasteiger partial charge in [0.1, 0.15) is 0 Å². The van der Waals surface area contributed by atoms with E-state index in [0.29, 0.717) is 11.5 Å². The van der Waals surface area contributed by atoms with Gasteiger partial charge in [-0.05, 0) is 30.3 Å². The van der Waals surface area contributed by atoms with Gasteiger partial charge in [0.25, 0.3) is 0 Å². The van der Waals surface area contributed by atoms with E-state index >= 15 is 0 Å². The first-order valence-electron chi connectivity index (χ1n) is 5.20. The predicted molar refractivity (Wildman–Crippen MR) is 58.0 cm³/mol. The molecule has 0 aliphatic carbocycles. The summed E-state index contributed by atoms with van der Waals surface area (Å²) in [7, 11) is 0. The van der Waals surface area contributed by atoms with Gasteiger partial charge in [-0.15, -0.1) is 0 Å². The van der Waals surface area contributed by atoms with Crippen LogP contribution in [0.25, 0.3) is 0 Å². The molecule has 1 aliphatic heterocycles. The Labute approximate surface area is 101 Å². The second-order valence-corrected chi connectivity index (χ2v) is 3.81. The van der Waals surface area contributed by atoms with E-state index < -0.39 is 11.7 Å². The molecule has 0 bridgehead atoms. The molecule has 18 heavy (non-hydrogen) atoms. The number of rotatable bonds is 0. The Morgan fingerprint density at radius 1 is 0.722 bits per heavy atom. The molecule has 92 valence electrons. The van der Waals surface area contributed by atoms with Crippen LogP contribution < -0.4 is 9.47 Å². The molecule has 0 atom stereocenters. The summed E-state index contributed by atoms with van der Waals surface area (Å²) >= 11 is 0. The molecule has 1 heterocycles. The first kappa shape index (κ1) is 11.0. The Bertz CT molecular complexity index is 605. The third-order valence-corrected chi connectivity index (χ3v) is 2.56. The highest BCUT2D eigenvalue weighted by molar-refractivity contribution is 5.55. The van der Waals surface area contributed by atoms with Crippen LogP contribution in [0.4, 0.5) is 13.2 Å². The molecule has 5 heteroatoms. The summed E-state index contributed by atoms with van der Waals surface area (Å²) in [6, 6.07) is 9.97. The summed E-state index contributed by atoms with van der Waals surface area (Å²) in [5, 5.41) is 0. The van der Waals surface area contributed by atoms with Crippen LogP contribution in [0.15, 0.2) is 42.5 Å². The Hall–Kier alpha value is -2.17. The van der Waals surface area contributed by atoms with E-state index in [-0.39, 0.29) is 11.5 Å². The van der Waals surface area contributed by atoms with Gasteiger partial charge in [0.15, 0.2) is 23.0 Å². The second-order valence-electron chi connectivity index (χ2n) is 3.81. The summed E-state index contributed by atoms with van der Waals surface area (Å²) in [4.78, 5) is 0. The Balaban J connectivity index is 2.04. The molecule has 0 unspecified atom stereocenters. The predicted octanol–water partition coefficient (Wildman–Crippen LogP) is 4.60. The van der Waals surface area contributed by atoms with Gasteiger partial charge in [-0.2, -0.15) is 13.2 Å². The van der Waals surface area contributed by atoms with Crippen LogP contribution in [-0.2, 0) is 6.18 Å². The van der Waals surface area contributed by atoms with Crippen LogP contribution in [0.2, 0.25) is 0 Å². The molecular weight excluding hydrogens is 245 g/mol. The number of hydrogen-bond acceptors (Lipinski definition) is 2. The molecule has 0 radical (unpaired) electrons. The number of halogens is 3. The molecule has 0 fully saturated rings. The van der Waals surface area contributed by atoms with Gasteiger partial charge in [-0.25, -0.2) is 0 Å². The zero-order valence-electron chi connectivity index (χ0n) is 8.99. The van der Waals surface area contributed by atoms with Crippen molar-refractivity contribution in [3.63, 3.8) is 0 Å². The van der Waals surface area contributed by atoms with Gasteiger partial charge in [0.05, 0.1) is 5.56 Å². The number of para-hydroxylation sites is 2. The Kier molecular flexibility index (Phi) is 2.23. The average molecular weight is 252 g/mol. The highest BCUT2D eigenvalue weighted by atomic mass is 19.4. The van der Waals surface area contributed by atoms with Crippen LogP contribution >= 0.6 is 0 Å². The quantitative estimate of drug-likeness (QED) is 0.582. The summed E-state index contributed by atoms with van der Waals surface area (Å²) in [5.41, 5.74) is -0.760. The highest BCUT2D eigenvalue weighted by Gasteiger charge is 2.32. The van der Waals surface area contributed by atoms with Crippen molar-refractivity contribution in [1.82, 2.24) is 0 Å². The van der Waals surface area contributed by atoms with Crippen LogP contribution in [0.1, 0.15) is 5.56 Å². The van der Waals surface area contributed by atoms with E-state index in [1.54, 1.807) is 24.3 Å². The summed E-state index contributed by atoms with van der Waals surface area (Å²) in [6.07, 6.45) is -4.39. The average Bonchev–Trinajstić information content (AvgIpc) is 2.34. The second kappa shape index (κ2) is 3.66. The largest absolute Gasteiger partial charge is 0.450 e. The fraction of sp³-hybridized carbons (Fsp3) is 0.0769. The third-order valence-electron chi connectivity index (χ3n) is 2.56. The molecule has 0 saturated carbocycles. The van der Waals surface area contributed by atoms with Crippen molar-refractivity contribution in [3.8, 4) is 23.0 Å². The molecule has 3 rings (SSSR count). The normalized spacial score (nSPS) is 13.1. The molecule has 0 N–H and O–H groups in total. The molecule has 2 aromatic carbocycles. The van der Waals surface area contributed by atoms with Crippen LogP contribution in [0, 0.1) is 0 Å². The lowest BCUT2D eigenvalue weighted by Gasteiger charge is -2.21. The topological polar surface area (TPSA) is 18.5 Å². The molecule has 0 saturated heterocycles. The monoisotopic (exact) mass is 252 g/mol. The lowest BCUT2D eigenvalue weighted by molar-refractivity contribution is -0.137. The van der Waals surface area contributed by atoms with Crippen molar-refractivity contribution in [3.05, 3.63) is 48.0 Å². The van der Waals surface area contributed by atoms with Crippen LogP contribution in [-0.4, -0.2) is 0 Å². The van der Waals surface area contributed by atoms with Crippen LogP contribution in [0.5, 0.6) is 23.0 Å². The van der Waals surface area contributed by atoms with Gasteiger partial charge < -0.3 is 9.47 Å². The smallest absolute Gasteiger partial charge is 0.416 e. The van der Waals surface area contributed by atoms with E-state index in [2.05, 4.69) is 0 Å². The van der Waals surface area contributed by atoms with E-state index in [1.807, 2.05) is 0 Å². The van der Waals surface area contributed by atoms with Crippen molar-refractivity contribution in [1.29, 1.82) is 0 Å². The van der Waals surface area contributed by atoms with Crippen molar-refractivity contribution < 1.29 is 22.6 Å². The minimum atomic E-state index is -4.39. The minimum absolute atomic E-state index is 0.0727. The van der Waals surface area contributed by atoms with Crippen molar-refractivity contribution >= 4 is 0 Å². The zero-order valence-corrected chi connectivity index (χ0v) is 8.99. The Morgan fingerprint density at radius 2 is 1.28 bits per heavy atom. The van der Waals surface area contributed by atoms with Gasteiger partial charge in [-0.3, -0.25) is 0 Å². The minimum Gasteiger partial charge on any atom is -0.450 e. The number of hydrogen-bond donors (Lipinski definition) is 0. The number of ether oxygens (including phenoxy) is 2. The van der Waals surface area contributed by atoms with E-state index in [9.17, 15) is 13.2 Å². The van der Waals surface area contributed by atoms with Crippen LogP contribution in [0.3, 0.4) is 0 Å². The molecule has 0 aromatic heterocycles. The third kappa shape index (κ3) is 1.77. The number of fused-ring (bicyclic) bond motifs is 2. The molecule has 0 spiro atoms. The number of benzene rings is 2. The maximum absolute atomic E-state index is 12.6.